The van der Waals surface area contributed by atoms with Crippen LogP contribution in [0.15, 0.2) is 14.7 Å². The summed E-state index contributed by atoms with van der Waals surface area (Å²) in [5.41, 5.74) is 0. The lowest BCUT2D eigenvalue weighted by atomic mass is 10.3. The van der Waals surface area contributed by atoms with Crippen LogP contribution in [0.5, 0.6) is 0 Å². The highest BCUT2D eigenvalue weighted by Crippen LogP contribution is 2.31. The Hall–Kier alpha value is 0.01000. The molecule has 1 aromatic heterocycles. The van der Waals surface area contributed by atoms with Gasteiger partial charge in [-0.15, -0.1) is 11.3 Å². The lowest BCUT2D eigenvalue weighted by Crippen LogP contribution is -2.31. The number of nitrogens with one attached hydrogen (secondary N) is 1. The number of hydrogen-bond donors (Lipinski definition) is 2. The van der Waals surface area contributed by atoms with Crippen LogP contribution in [-0.2, 0) is 16.6 Å². The lowest BCUT2D eigenvalue weighted by molar-refractivity contribution is 0.271. The highest BCUT2D eigenvalue weighted by molar-refractivity contribution is 9.11. The fraction of sp³-hybridized carbons (Fsp3) is 0.667. The molecule has 116 valence electrons. The molecule has 0 aliphatic carbocycles. The number of aliphatic hydroxyl groups is 1. The fourth-order valence-electron chi connectivity index (χ4n) is 1.53. The maximum atomic E-state index is 12.1. The van der Waals surface area contributed by atoms with Crippen LogP contribution in [0.4, 0.5) is 0 Å². The molecule has 0 aliphatic rings. The molecule has 1 heterocycles. The first-order valence-corrected chi connectivity index (χ1v) is 9.46. The van der Waals surface area contributed by atoms with Gasteiger partial charge < -0.3 is 10.0 Å². The Bertz CT molecular complexity index is 529. The molecule has 0 radical (unpaired) electrons. The van der Waals surface area contributed by atoms with Crippen LogP contribution in [-0.4, -0.2) is 44.6 Å². The van der Waals surface area contributed by atoms with Gasteiger partial charge in [0.25, 0.3) is 0 Å². The van der Waals surface area contributed by atoms with E-state index in [1.54, 1.807) is 0 Å². The smallest absolute Gasteiger partial charge is 0.242 e. The van der Waals surface area contributed by atoms with Crippen molar-refractivity contribution in [3.63, 3.8) is 0 Å². The SMILES string of the molecule is CC(C)N(C)CCCNS(=O)(=O)c1cc(CO)sc1Br. The van der Waals surface area contributed by atoms with Crippen molar-refractivity contribution in [2.45, 2.75) is 37.8 Å². The van der Waals surface area contributed by atoms with Crippen molar-refractivity contribution < 1.29 is 13.5 Å². The Labute approximate surface area is 133 Å². The van der Waals surface area contributed by atoms with Crippen molar-refractivity contribution in [3.8, 4) is 0 Å². The van der Waals surface area contributed by atoms with Crippen molar-refractivity contribution >= 4 is 37.3 Å². The van der Waals surface area contributed by atoms with E-state index < -0.39 is 10.0 Å². The van der Waals surface area contributed by atoms with E-state index in [4.69, 9.17) is 5.11 Å². The molecule has 0 saturated carbocycles. The monoisotopic (exact) mass is 384 g/mol. The van der Waals surface area contributed by atoms with Crippen LogP contribution in [0.25, 0.3) is 0 Å². The molecule has 0 fully saturated rings. The van der Waals surface area contributed by atoms with Gasteiger partial charge >= 0.3 is 0 Å². The maximum Gasteiger partial charge on any atom is 0.242 e. The van der Waals surface area contributed by atoms with E-state index >= 15 is 0 Å². The van der Waals surface area contributed by atoms with Gasteiger partial charge in [-0.05, 0) is 55.9 Å². The molecular formula is C12H21BrN2O3S2. The Balaban J connectivity index is 2.55. The van der Waals surface area contributed by atoms with Crippen LogP contribution >= 0.6 is 27.3 Å². The summed E-state index contributed by atoms with van der Waals surface area (Å²) in [6.45, 7) is 5.28. The standard InChI is InChI=1S/C12H21BrN2O3S2/c1-9(2)15(3)6-4-5-14-20(17,18)11-7-10(8-16)19-12(11)13/h7,9,14,16H,4-6,8H2,1-3H3. The molecule has 0 aliphatic heterocycles. The summed E-state index contributed by atoms with van der Waals surface area (Å²) in [6.07, 6.45) is 0.753. The molecule has 20 heavy (non-hydrogen) atoms. The minimum Gasteiger partial charge on any atom is -0.391 e. The van der Waals surface area contributed by atoms with Crippen LogP contribution in [0.2, 0.25) is 0 Å². The normalized spacial score (nSPS) is 12.6. The van der Waals surface area contributed by atoms with E-state index in [1.807, 2.05) is 7.05 Å². The molecule has 0 atom stereocenters. The number of rotatable bonds is 8. The van der Waals surface area contributed by atoms with Crippen molar-refractivity contribution in [2.24, 2.45) is 0 Å². The topological polar surface area (TPSA) is 69.6 Å². The van der Waals surface area contributed by atoms with E-state index in [1.165, 1.54) is 17.4 Å². The van der Waals surface area contributed by atoms with E-state index in [0.29, 0.717) is 21.3 Å². The second-order valence-corrected chi connectivity index (χ2v) is 9.02. The Kier molecular flexibility index (Phi) is 7.10. The number of aliphatic hydroxyl groups excluding tert-OH is 1. The zero-order chi connectivity index (χ0) is 15.3. The molecule has 2 N–H and O–H groups in total. The fourth-order valence-corrected chi connectivity index (χ4v) is 5.14. The summed E-state index contributed by atoms with van der Waals surface area (Å²) < 4.78 is 27.4. The Morgan fingerprint density at radius 3 is 2.65 bits per heavy atom. The van der Waals surface area contributed by atoms with E-state index in [9.17, 15) is 8.42 Å². The summed E-state index contributed by atoms with van der Waals surface area (Å²) in [7, 11) is -1.50. The highest BCUT2D eigenvalue weighted by Gasteiger charge is 2.20. The van der Waals surface area contributed by atoms with Gasteiger partial charge in [0.2, 0.25) is 10.0 Å². The van der Waals surface area contributed by atoms with Gasteiger partial charge in [0.05, 0.1) is 10.4 Å². The van der Waals surface area contributed by atoms with Crippen LogP contribution in [0, 0.1) is 0 Å². The molecule has 0 aromatic carbocycles. The minimum atomic E-state index is -3.51. The van der Waals surface area contributed by atoms with Gasteiger partial charge in [0.15, 0.2) is 0 Å². The first-order chi connectivity index (χ1) is 9.27. The molecule has 8 heteroatoms. The Morgan fingerprint density at radius 2 is 2.15 bits per heavy atom. The second kappa shape index (κ2) is 7.86. The number of nitrogens with zero attached hydrogens (tertiary/aromatic N) is 1. The average molecular weight is 385 g/mol. The summed E-state index contributed by atoms with van der Waals surface area (Å²) in [4.78, 5) is 2.99. The van der Waals surface area contributed by atoms with Crippen molar-refractivity contribution in [2.75, 3.05) is 20.1 Å². The zero-order valence-corrected chi connectivity index (χ0v) is 15.1. The van der Waals surface area contributed by atoms with E-state index in [-0.39, 0.29) is 11.5 Å². The number of thiophene rings is 1. The quantitative estimate of drug-likeness (QED) is 0.672. The molecule has 0 amide bonds. The molecule has 1 aromatic rings. The third-order valence-corrected chi connectivity index (χ3v) is 6.71. The van der Waals surface area contributed by atoms with Gasteiger partial charge in [-0.1, -0.05) is 0 Å². The average Bonchev–Trinajstić information content (AvgIpc) is 2.76. The van der Waals surface area contributed by atoms with Gasteiger partial charge in [-0.3, -0.25) is 0 Å². The van der Waals surface area contributed by atoms with Crippen LogP contribution in [0.3, 0.4) is 0 Å². The molecular weight excluding hydrogens is 364 g/mol. The molecule has 1 rings (SSSR count). The predicted molar refractivity (Wildman–Crippen MR) is 85.5 cm³/mol. The predicted octanol–water partition coefficient (Wildman–Crippen LogP) is 2.01. The molecule has 0 unspecified atom stereocenters. The van der Waals surface area contributed by atoms with Crippen molar-refractivity contribution in [3.05, 3.63) is 14.7 Å². The second-order valence-electron chi connectivity index (χ2n) is 4.83. The van der Waals surface area contributed by atoms with Crippen LogP contribution < -0.4 is 4.72 Å². The minimum absolute atomic E-state index is 0.155. The summed E-state index contributed by atoms with van der Waals surface area (Å²) in [5.74, 6) is 0. The molecule has 5 nitrogen and oxygen atoms in total. The van der Waals surface area contributed by atoms with Gasteiger partial charge in [-0.2, -0.15) is 0 Å². The third-order valence-electron chi connectivity index (χ3n) is 3.01. The van der Waals surface area contributed by atoms with Gasteiger partial charge in [0.1, 0.15) is 4.90 Å². The first-order valence-electron chi connectivity index (χ1n) is 6.37. The largest absolute Gasteiger partial charge is 0.391 e. The zero-order valence-electron chi connectivity index (χ0n) is 11.9. The van der Waals surface area contributed by atoms with Crippen molar-refractivity contribution in [1.82, 2.24) is 9.62 Å². The van der Waals surface area contributed by atoms with E-state index in [0.717, 1.165) is 13.0 Å². The van der Waals surface area contributed by atoms with Gasteiger partial charge in [-0.25, -0.2) is 13.1 Å². The van der Waals surface area contributed by atoms with Gasteiger partial charge in [0, 0.05) is 17.5 Å². The van der Waals surface area contributed by atoms with Crippen LogP contribution in [0.1, 0.15) is 25.1 Å². The molecule has 0 spiro atoms. The summed E-state index contributed by atoms with van der Waals surface area (Å²) in [5, 5.41) is 9.04. The molecule has 0 saturated heterocycles. The summed E-state index contributed by atoms with van der Waals surface area (Å²) in [6, 6.07) is 1.95. The number of sulfonamides is 1. The maximum absolute atomic E-state index is 12.1. The van der Waals surface area contributed by atoms with E-state index in [2.05, 4.69) is 39.4 Å². The third kappa shape index (κ3) is 5.09. The number of halogens is 1. The Morgan fingerprint density at radius 1 is 1.50 bits per heavy atom. The van der Waals surface area contributed by atoms with Crippen molar-refractivity contribution in [1.29, 1.82) is 0 Å². The summed E-state index contributed by atoms with van der Waals surface area (Å²) >= 11 is 4.45. The molecule has 0 bridgehead atoms. The lowest BCUT2D eigenvalue weighted by Gasteiger charge is -2.20. The number of hydrogen-bond acceptors (Lipinski definition) is 5. The first kappa shape index (κ1) is 18.1. The highest BCUT2D eigenvalue weighted by atomic mass is 79.9.